The Bertz CT molecular complexity index is 2340. The van der Waals surface area contributed by atoms with E-state index in [9.17, 15) is 0 Å². The molecule has 0 saturated carbocycles. The van der Waals surface area contributed by atoms with E-state index in [0.29, 0.717) is 0 Å². The van der Waals surface area contributed by atoms with Gasteiger partial charge in [-0.3, -0.25) is 0 Å². The predicted octanol–water partition coefficient (Wildman–Crippen LogP) is 12.5. The topological polar surface area (TPSA) is 12.9 Å². The van der Waals surface area contributed by atoms with E-state index in [-0.39, 0.29) is 0 Å². The minimum atomic E-state index is 0.977. The number of hydrogen-bond donors (Lipinski definition) is 0. The highest BCUT2D eigenvalue weighted by Gasteiger charge is 2.13. The molecule has 0 unspecified atom stereocenters. The molecule has 0 spiro atoms. The average Bonchev–Trinajstić information content (AvgIpc) is 3.67. The number of pyridine rings is 1. The van der Waals surface area contributed by atoms with Crippen molar-refractivity contribution in [2.45, 2.75) is 0 Å². The zero-order chi connectivity index (χ0) is 29.0. The van der Waals surface area contributed by atoms with Crippen LogP contribution >= 0.6 is 22.7 Å². The third kappa shape index (κ3) is 4.16. The summed E-state index contributed by atoms with van der Waals surface area (Å²) in [6.07, 6.45) is 0. The van der Waals surface area contributed by atoms with Crippen molar-refractivity contribution in [3.8, 4) is 44.8 Å². The van der Waals surface area contributed by atoms with Crippen molar-refractivity contribution in [3.63, 3.8) is 0 Å². The van der Waals surface area contributed by atoms with Crippen molar-refractivity contribution in [2.24, 2.45) is 0 Å². The van der Waals surface area contributed by atoms with E-state index in [2.05, 4.69) is 152 Å². The molecule has 3 heterocycles. The first-order chi connectivity index (χ1) is 21.8. The van der Waals surface area contributed by atoms with Crippen molar-refractivity contribution >= 4 is 63.0 Å². The van der Waals surface area contributed by atoms with Crippen LogP contribution < -0.4 is 0 Å². The Morgan fingerprint density at radius 3 is 1.27 bits per heavy atom. The second kappa shape index (κ2) is 10.3. The van der Waals surface area contributed by atoms with E-state index in [1.54, 1.807) is 0 Å². The molecule has 0 aliphatic carbocycles. The molecule has 0 saturated heterocycles. The van der Waals surface area contributed by atoms with Crippen molar-refractivity contribution in [2.75, 3.05) is 0 Å². The normalized spacial score (nSPS) is 11.6. The van der Waals surface area contributed by atoms with Crippen LogP contribution in [0.4, 0.5) is 0 Å². The van der Waals surface area contributed by atoms with Crippen LogP contribution in [0.2, 0.25) is 0 Å². The van der Waals surface area contributed by atoms with Crippen molar-refractivity contribution in [3.05, 3.63) is 152 Å². The highest BCUT2D eigenvalue weighted by atomic mass is 32.1. The highest BCUT2D eigenvalue weighted by molar-refractivity contribution is 7.26. The largest absolute Gasteiger partial charge is 0.248 e. The maximum Gasteiger partial charge on any atom is 0.0709 e. The van der Waals surface area contributed by atoms with E-state index in [1.165, 1.54) is 62.6 Å². The van der Waals surface area contributed by atoms with E-state index in [4.69, 9.17) is 4.98 Å². The monoisotopic (exact) mass is 595 g/mol. The minimum absolute atomic E-state index is 0.977. The molecule has 3 heteroatoms. The van der Waals surface area contributed by atoms with Crippen molar-refractivity contribution < 1.29 is 0 Å². The zero-order valence-electron chi connectivity index (χ0n) is 23.7. The molecule has 1 nitrogen and oxygen atoms in total. The highest BCUT2D eigenvalue weighted by Crippen LogP contribution is 2.42. The molecule has 44 heavy (non-hydrogen) atoms. The van der Waals surface area contributed by atoms with E-state index in [1.807, 2.05) is 22.7 Å². The van der Waals surface area contributed by atoms with Crippen LogP contribution in [0, 0.1) is 0 Å². The van der Waals surface area contributed by atoms with E-state index in [0.717, 1.165) is 22.5 Å². The third-order valence-corrected chi connectivity index (χ3v) is 10.9. The molecule has 3 aromatic heterocycles. The van der Waals surface area contributed by atoms with Gasteiger partial charge in [-0.25, -0.2) is 4.98 Å². The number of rotatable bonds is 4. The molecule has 0 atom stereocenters. The number of hydrogen-bond acceptors (Lipinski definition) is 3. The Morgan fingerprint density at radius 2 is 0.750 bits per heavy atom. The predicted molar refractivity (Wildman–Crippen MR) is 192 cm³/mol. The van der Waals surface area contributed by atoms with Gasteiger partial charge in [-0.1, -0.05) is 115 Å². The van der Waals surface area contributed by atoms with Gasteiger partial charge in [-0.05, 0) is 58.7 Å². The van der Waals surface area contributed by atoms with Gasteiger partial charge in [0.25, 0.3) is 0 Å². The summed E-state index contributed by atoms with van der Waals surface area (Å²) in [7, 11) is 0. The van der Waals surface area contributed by atoms with Crippen LogP contribution in [0.15, 0.2) is 152 Å². The van der Waals surface area contributed by atoms with Crippen LogP contribution in [0.1, 0.15) is 0 Å². The van der Waals surface area contributed by atoms with Gasteiger partial charge >= 0.3 is 0 Å². The molecule has 0 fully saturated rings. The summed E-state index contributed by atoms with van der Waals surface area (Å²) < 4.78 is 5.31. The lowest BCUT2D eigenvalue weighted by molar-refractivity contribution is 1.32. The second-order valence-corrected chi connectivity index (χ2v) is 13.2. The van der Waals surface area contributed by atoms with Gasteiger partial charge in [-0.2, -0.15) is 0 Å². The molecule has 0 aliphatic heterocycles. The van der Waals surface area contributed by atoms with Gasteiger partial charge in [0.05, 0.1) is 11.4 Å². The van der Waals surface area contributed by atoms with Crippen LogP contribution in [0.25, 0.3) is 85.1 Å². The Labute approximate surface area is 263 Å². The Hall–Kier alpha value is -5.09. The minimum Gasteiger partial charge on any atom is -0.248 e. The Balaban J connectivity index is 1.11. The first-order valence-corrected chi connectivity index (χ1v) is 16.4. The smallest absolute Gasteiger partial charge is 0.0709 e. The number of fused-ring (bicyclic) bond motifs is 6. The summed E-state index contributed by atoms with van der Waals surface area (Å²) in [5.41, 5.74) is 9.15. The fraction of sp³-hybridized carbons (Fsp3) is 0. The SMILES string of the molecule is c1cc(-c2cccc(-c3cccc(-c4cccc5c4sc4ccccc45)c3)n2)cc(-c2cccc3c2sc2ccccc23)c1. The van der Waals surface area contributed by atoms with Crippen LogP contribution in [-0.2, 0) is 0 Å². The van der Waals surface area contributed by atoms with Gasteiger partial charge in [0.15, 0.2) is 0 Å². The summed E-state index contributed by atoms with van der Waals surface area (Å²) in [5, 5.41) is 5.29. The lowest BCUT2D eigenvalue weighted by Crippen LogP contribution is -1.89. The lowest BCUT2D eigenvalue weighted by Gasteiger charge is -2.10. The molecule has 9 rings (SSSR count). The molecule has 0 N–H and O–H groups in total. The zero-order valence-corrected chi connectivity index (χ0v) is 25.3. The van der Waals surface area contributed by atoms with Crippen molar-refractivity contribution in [1.29, 1.82) is 0 Å². The van der Waals surface area contributed by atoms with Crippen LogP contribution in [0.3, 0.4) is 0 Å². The third-order valence-electron chi connectivity index (χ3n) is 8.50. The second-order valence-electron chi connectivity index (χ2n) is 11.1. The quantitative estimate of drug-likeness (QED) is 0.197. The Morgan fingerprint density at radius 1 is 0.341 bits per heavy atom. The summed E-state index contributed by atoms with van der Waals surface area (Å²) in [5.74, 6) is 0. The van der Waals surface area contributed by atoms with Crippen LogP contribution in [0.5, 0.6) is 0 Å². The van der Waals surface area contributed by atoms with Gasteiger partial charge in [-0.15, -0.1) is 22.7 Å². The molecule has 0 amide bonds. The number of benzene rings is 6. The molecular weight excluding hydrogens is 571 g/mol. The van der Waals surface area contributed by atoms with Gasteiger partial charge < -0.3 is 0 Å². The Kier molecular flexibility index (Phi) is 5.93. The van der Waals surface area contributed by atoms with Gasteiger partial charge in [0.2, 0.25) is 0 Å². The van der Waals surface area contributed by atoms with Gasteiger partial charge in [0, 0.05) is 51.5 Å². The molecule has 0 bridgehead atoms. The maximum atomic E-state index is 5.18. The average molecular weight is 596 g/mol. The number of thiophene rings is 2. The number of nitrogens with zero attached hydrogens (tertiary/aromatic N) is 1. The first-order valence-electron chi connectivity index (χ1n) is 14.8. The molecule has 6 aromatic carbocycles. The number of aromatic nitrogens is 1. The lowest BCUT2D eigenvalue weighted by atomic mass is 9.98. The van der Waals surface area contributed by atoms with Crippen LogP contribution in [-0.4, -0.2) is 4.98 Å². The maximum absolute atomic E-state index is 5.18. The standard InChI is InChI=1S/C41H25NS2/c1-3-22-38-32(14-1)34-18-7-16-30(40(34)43-38)26-10-5-12-28(24-26)36-20-9-21-37(42-36)29-13-6-11-27(25-29)31-17-8-19-35-33-15-2-4-23-39(33)44-41(31)35/h1-25H. The summed E-state index contributed by atoms with van der Waals surface area (Å²) >= 11 is 3.74. The summed E-state index contributed by atoms with van der Waals surface area (Å²) in [6, 6.07) is 54.7. The van der Waals surface area contributed by atoms with E-state index >= 15 is 0 Å². The van der Waals surface area contributed by atoms with E-state index < -0.39 is 0 Å². The van der Waals surface area contributed by atoms with Crippen molar-refractivity contribution in [1.82, 2.24) is 4.98 Å². The fourth-order valence-electron chi connectivity index (χ4n) is 6.40. The fourth-order valence-corrected chi connectivity index (χ4v) is 8.87. The molecular formula is C41H25NS2. The summed E-state index contributed by atoms with van der Waals surface area (Å²) in [4.78, 5) is 5.18. The molecule has 206 valence electrons. The molecule has 0 radical (unpaired) electrons. The molecule has 0 aliphatic rings. The van der Waals surface area contributed by atoms with Gasteiger partial charge in [0.1, 0.15) is 0 Å². The molecule has 9 aromatic rings. The first kappa shape index (κ1) is 25.4. The summed E-state index contributed by atoms with van der Waals surface area (Å²) in [6.45, 7) is 0.